The number of unbranched alkanes of at least 4 members (excludes halogenated alkanes) is 1. The third-order valence-electron chi connectivity index (χ3n) is 2.03. The molecule has 6 heteroatoms. The van der Waals surface area contributed by atoms with Crippen LogP contribution in [0, 0.1) is 0 Å². The molecule has 0 bridgehead atoms. The fourth-order valence-electron chi connectivity index (χ4n) is 1.30. The predicted molar refractivity (Wildman–Crippen MR) is 58.5 cm³/mol. The molecule has 0 radical (unpaired) electrons. The summed E-state index contributed by atoms with van der Waals surface area (Å²) in [5, 5.41) is 11.3. The Morgan fingerprint density at radius 3 is 2.69 bits per heavy atom. The van der Waals surface area contributed by atoms with Crippen LogP contribution in [0.1, 0.15) is 43.0 Å². The number of carbonyl (C=O) groups excluding carboxylic acids is 1. The summed E-state index contributed by atoms with van der Waals surface area (Å²) in [5.41, 5.74) is -0.0682. The second-order valence-corrected chi connectivity index (χ2v) is 3.50. The minimum absolute atomic E-state index is 0.0682. The summed E-state index contributed by atoms with van der Waals surface area (Å²) in [6.45, 7) is 3.35. The Morgan fingerprint density at radius 2 is 2.19 bits per heavy atom. The number of anilines is 1. The maximum Gasteiger partial charge on any atom is 0.356 e. The monoisotopic (exact) mass is 225 g/mol. The molecule has 0 aromatic carbocycles. The first kappa shape index (κ1) is 12.2. The molecule has 0 aliphatic heterocycles. The molecule has 1 amide bonds. The number of rotatable bonds is 5. The van der Waals surface area contributed by atoms with E-state index in [1.807, 2.05) is 6.92 Å². The van der Waals surface area contributed by atoms with Crippen molar-refractivity contribution in [2.75, 3.05) is 5.32 Å². The smallest absolute Gasteiger partial charge is 0.356 e. The topological polar surface area (TPSA) is 95.1 Å². The van der Waals surface area contributed by atoms with Gasteiger partial charge < -0.3 is 15.4 Å². The van der Waals surface area contributed by atoms with Gasteiger partial charge in [0.15, 0.2) is 11.5 Å². The lowest BCUT2D eigenvalue weighted by atomic mass is 10.2. The molecule has 16 heavy (non-hydrogen) atoms. The van der Waals surface area contributed by atoms with E-state index in [9.17, 15) is 9.59 Å². The van der Waals surface area contributed by atoms with Crippen molar-refractivity contribution in [2.24, 2.45) is 0 Å². The predicted octanol–water partition coefficient (Wildman–Crippen LogP) is 1.41. The SMILES string of the molecule is CCCCc1nc(NC(C)=O)c(C(=O)O)[nH]1. The number of hydrogen-bond acceptors (Lipinski definition) is 3. The molecule has 3 N–H and O–H groups in total. The van der Waals surface area contributed by atoms with Crippen molar-refractivity contribution in [1.82, 2.24) is 9.97 Å². The van der Waals surface area contributed by atoms with Crippen molar-refractivity contribution in [1.29, 1.82) is 0 Å². The van der Waals surface area contributed by atoms with E-state index in [4.69, 9.17) is 5.11 Å². The summed E-state index contributed by atoms with van der Waals surface area (Å²) in [5.74, 6) is -0.788. The zero-order chi connectivity index (χ0) is 12.1. The van der Waals surface area contributed by atoms with E-state index < -0.39 is 5.97 Å². The number of imidazole rings is 1. The number of amides is 1. The van der Waals surface area contributed by atoms with Crippen molar-refractivity contribution >= 4 is 17.7 Å². The Hall–Kier alpha value is -1.85. The van der Waals surface area contributed by atoms with Crippen LogP contribution in [0.4, 0.5) is 5.82 Å². The molecule has 6 nitrogen and oxygen atoms in total. The van der Waals surface area contributed by atoms with Gasteiger partial charge in [0.25, 0.3) is 0 Å². The number of nitrogens with zero attached hydrogens (tertiary/aromatic N) is 1. The number of aryl methyl sites for hydroxylation is 1. The van der Waals surface area contributed by atoms with Gasteiger partial charge >= 0.3 is 5.97 Å². The lowest BCUT2D eigenvalue weighted by Gasteiger charge is -1.96. The van der Waals surface area contributed by atoms with Crippen LogP contribution in [0.3, 0.4) is 0 Å². The zero-order valence-corrected chi connectivity index (χ0v) is 9.33. The Morgan fingerprint density at radius 1 is 1.50 bits per heavy atom. The summed E-state index contributed by atoms with van der Waals surface area (Å²) in [6, 6.07) is 0. The van der Waals surface area contributed by atoms with Crippen LogP contribution < -0.4 is 5.32 Å². The molecule has 0 atom stereocenters. The van der Waals surface area contributed by atoms with E-state index in [0.29, 0.717) is 12.2 Å². The number of carbonyl (C=O) groups is 2. The van der Waals surface area contributed by atoms with Crippen LogP contribution in [0.5, 0.6) is 0 Å². The molecule has 0 aliphatic rings. The average molecular weight is 225 g/mol. The summed E-state index contributed by atoms with van der Waals surface area (Å²) in [4.78, 5) is 28.5. The number of aromatic nitrogens is 2. The lowest BCUT2D eigenvalue weighted by molar-refractivity contribution is -0.114. The van der Waals surface area contributed by atoms with Gasteiger partial charge in [-0.3, -0.25) is 4.79 Å². The fourth-order valence-corrected chi connectivity index (χ4v) is 1.30. The van der Waals surface area contributed by atoms with Crippen LogP contribution in [-0.2, 0) is 11.2 Å². The highest BCUT2D eigenvalue weighted by molar-refractivity contribution is 5.97. The Balaban J connectivity index is 2.90. The highest BCUT2D eigenvalue weighted by Crippen LogP contribution is 2.13. The number of hydrogen-bond donors (Lipinski definition) is 3. The molecule has 0 unspecified atom stereocenters. The van der Waals surface area contributed by atoms with E-state index in [2.05, 4.69) is 15.3 Å². The number of nitrogens with one attached hydrogen (secondary N) is 2. The molecule has 0 fully saturated rings. The van der Waals surface area contributed by atoms with Crippen LogP contribution >= 0.6 is 0 Å². The van der Waals surface area contributed by atoms with Gasteiger partial charge in [-0.05, 0) is 6.42 Å². The van der Waals surface area contributed by atoms with Gasteiger partial charge in [0.2, 0.25) is 5.91 Å². The van der Waals surface area contributed by atoms with Gasteiger partial charge in [0.1, 0.15) is 5.82 Å². The van der Waals surface area contributed by atoms with Gasteiger partial charge in [-0.25, -0.2) is 9.78 Å². The van der Waals surface area contributed by atoms with E-state index in [0.717, 1.165) is 12.8 Å². The van der Waals surface area contributed by atoms with E-state index in [1.54, 1.807) is 0 Å². The summed E-state index contributed by atoms with van der Waals surface area (Å²) in [6.07, 6.45) is 2.60. The summed E-state index contributed by atoms with van der Waals surface area (Å²) >= 11 is 0. The zero-order valence-electron chi connectivity index (χ0n) is 9.33. The maximum absolute atomic E-state index is 10.9. The second kappa shape index (κ2) is 5.29. The standard InChI is InChI=1S/C10H15N3O3/c1-3-4-5-7-12-8(10(15)16)9(13-7)11-6(2)14/h3-5H2,1-2H3,(H,11,14)(H,12,13)(H,15,16). The molecule has 88 valence electrons. The van der Waals surface area contributed by atoms with Gasteiger partial charge in [0.05, 0.1) is 0 Å². The second-order valence-electron chi connectivity index (χ2n) is 3.50. The van der Waals surface area contributed by atoms with Crippen molar-refractivity contribution in [3.63, 3.8) is 0 Å². The van der Waals surface area contributed by atoms with Crippen LogP contribution in [0.25, 0.3) is 0 Å². The fraction of sp³-hybridized carbons (Fsp3) is 0.500. The van der Waals surface area contributed by atoms with E-state index in [1.165, 1.54) is 6.92 Å². The lowest BCUT2D eigenvalue weighted by Crippen LogP contribution is -2.10. The number of aromatic carboxylic acids is 1. The molecule has 1 aromatic rings. The van der Waals surface area contributed by atoms with Crippen molar-refractivity contribution in [3.05, 3.63) is 11.5 Å². The summed E-state index contributed by atoms with van der Waals surface area (Å²) < 4.78 is 0. The average Bonchev–Trinajstić information content (AvgIpc) is 2.57. The Labute approximate surface area is 93.1 Å². The first-order valence-corrected chi connectivity index (χ1v) is 5.14. The third-order valence-corrected chi connectivity index (χ3v) is 2.03. The minimum Gasteiger partial charge on any atom is -0.476 e. The largest absolute Gasteiger partial charge is 0.476 e. The number of H-pyrrole nitrogens is 1. The quantitative estimate of drug-likeness (QED) is 0.706. The molecular formula is C10H15N3O3. The first-order valence-electron chi connectivity index (χ1n) is 5.14. The first-order chi connectivity index (χ1) is 7.54. The molecule has 1 aromatic heterocycles. The third kappa shape index (κ3) is 3.08. The van der Waals surface area contributed by atoms with E-state index in [-0.39, 0.29) is 17.4 Å². The minimum atomic E-state index is -1.13. The normalized spacial score (nSPS) is 10.1. The van der Waals surface area contributed by atoms with Gasteiger partial charge in [-0.15, -0.1) is 0 Å². The van der Waals surface area contributed by atoms with Crippen LogP contribution in [-0.4, -0.2) is 27.0 Å². The maximum atomic E-state index is 10.9. The van der Waals surface area contributed by atoms with Crippen molar-refractivity contribution in [3.8, 4) is 0 Å². The van der Waals surface area contributed by atoms with Crippen LogP contribution in [0.15, 0.2) is 0 Å². The highest BCUT2D eigenvalue weighted by atomic mass is 16.4. The summed E-state index contributed by atoms with van der Waals surface area (Å²) in [7, 11) is 0. The van der Waals surface area contributed by atoms with Gasteiger partial charge in [-0.1, -0.05) is 13.3 Å². The van der Waals surface area contributed by atoms with Gasteiger partial charge in [-0.2, -0.15) is 0 Å². The highest BCUT2D eigenvalue weighted by Gasteiger charge is 2.16. The number of aromatic amines is 1. The van der Waals surface area contributed by atoms with E-state index >= 15 is 0 Å². The Kier molecular flexibility index (Phi) is 4.04. The molecule has 0 aliphatic carbocycles. The van der Waals surface area contributed by atoms with Crippen molar-refractivity contribution in [2.45, 2.75) is 33.1 Å². The molecule has 0 saturated heterocycles. The number of carboxylic acid groups (broad SMARTS) is 1. The van der Waals surface area contributed by atoms with Crippen molar-refractivity contribution < 1.29 is 14.7 Å². The number of carboxylic acids is 1. The van der Waals surface area contributed by atoms with Crippen LogP contribution in [0.2, 0.25) is 0 Å². The molecule has 1 rings (SSSR count). The molecular weight excluding hydrogens is 210 g/mol. The van der Waals surface area contributed by atoms with Gasteiger partial charge in [0, 0.05) is 13.3 Å². The molecule has 0 saturated carbocycles. The molecule has 0 spiro atoms. The Bertz CT molecular complexity index is 398. The molecule has 1 heterocycles.